The zero-order valence-electron chi connectivity index (χ0n) is 16.9. The first-order valence-corrected chi connectivity index (χ1v) is 9.18. The van der Waals surface area contributed by atoms with Crippen LogP contribution in [-0.4, -0.2) is 61.2 Å². The maximum Gasteiger partial charge on any atom is 0.281 e. The van der Waals surface area contributed by atoms with Crippen molar-refractivity contribution in [2.45, 2.75) is 6.42 Å². The first-order chi connectivity index (χ1) is 13.8. The number of para-hydroxylation sites is 1. The molecule has 0 spiro atoms. The zero-order chi connectivity index (χ0) is 21.2. The van der Waals surface area contributed by atoms with Gasteiger partial charge >= 0.3 is 0 Å². The number of non-ortho nitro benzene ring substituents is 1. The van der Waals surface area contributed by atoms with Crippen LogP contribution in [0.15, 0.2) is 30.3 Å². The van der Waals surface area contributed by atoms with Crippen LogP contribution in [-0.2, 0) is 0 Å². The summed E-state index contributed by atoms with van der Waals surface area (Å²) in [6.45, 7) is 1.05. The molecule has 3 aromatic rings. The Morgan fingerprint density at radius 3 is 2.45 bits per heavy atom. The molecule has 9 nitrogen and oxygen atoms in total. The Hall–Kier alpha value is -3.17. The third kappa shape index (κ3) is 4.15. The van der Waals surface area contributed by atoms with Gasteiger partial charge < -0.3 is 14.8 Å². The molecule has 3 rings (SSSR count). The fraction of sp³-hybridized carbons (Fsp3) is 0.350. The normalized spacial score (nSPS) is 11.6. The van der Waals surface area contributed by atoms with Crippen molar-refractivity contribution in [1.82, 2.24) is 4.98 Å². The minimum atomic E-state index is -0.422. The standard InChI is InChI=1S/C20H25N4O5/c1-24(2,27)12-6-11-21-19-13-7-5-8-15(28-3)18(13)22-20-16(29-4)10-9-14(17(19)20)23(25)26/h5,7-10,27H,6,11-12H2,1-4H3,(H,21,22)/q+1. The van der Waals surface area contributed by atoms with E-state index in [-0.39, 0.29) is 10.3 Å². The van der Waals surface area contributed by atoms with Crippen molar-refractivity contribution in [1.29, 1.82) is 0 Å². The number of methoxy groups -OCH3 is 2. The largest absolute Gasteiger partial charge is 0.494 e. The van der Waals surface area contributed by atoms with Crippen LogP contribution < -0.4 is 14.8 Å². The predicted octanol–water partition coefficient (Wildman–Crippen LogP) is 3.58. The number of aromatic nitrogens is 1. The number of quaternary nitrogens is 1. The molecule has 154 valence electrons. The van der Waals surface area contributed by atoms with Crippen molar-refractivity contribution >= 4 is 33.2 Å². The van der Waals surface area contributed by atoms with Crippen LogP contribution in [0.1, 0.15) is 6.42 Å². The van der Waals surface area contributed by atoms with Crippen LogP contribution in [0.2, 0.25) is 0 Å². The Kier molecular flexibility index (Phi) is 5.71. The van der Waals surface area contributed by atoms with Gasteiger partial charge in [0.05, 0.1) is 38.9 Å². The number of benzene rings is 2. The van der Waals surface area contributed by atoms with Gasteiger partial charge in [-0.15, -0.1) is 0 Å². The van der Waals surface area contributed by atoms with E-state index in [2.05, 4.69) is 10.3 Å². The summed E-state index contributed by atoms with van der Waals surface area (Å²) in [5.74, 6) is 1.00. The number of nitro groups is 1. The summed E-state index contributed by atoms with van der Waals surface area (Å²) in [7, 11) is 6.44. The lowest BCUT2D eigenvalue weighted by Gasteiger charge is -2.20. The Balaban J connectivity index is 2.26. The molecule has 0 saturated heterocycles. The van der Waals surface area contributed by atoms with Gasteiger partial charge in [0.25, 0.3) is 5.69 Å². The summed E-state index contributed by atoms with van der Waals surface area (Å²) in [6.07, 6.45) is 0.663. The second-order valence-corrected chi connectivity index (χ2v) is 7.24. The molecule has 0 bridgehead atoms. The lowest BCUT2D eigenvalue weighted by molar-refractivity contribution is -1.07. The van der Waals surface area contributed by atoms with Crippen LogP contribution in [0.3, 0.4) is 0 Å². The number of hydroxylamine groups is 3. The third-order valence-corrected chi connectivity index (χ3v) is 4.68. The molecular formula is C20H25N4O5+. The Labute approximate surface area is 168 Å². The van der Waals surface area contributed by atoms with Gasteiger partial charge in [-0.25, -0.2) is 10.2 Å². The highest BCUT2D eigenvalue weighted by atomic mass is 16.6. The molecule has 29 heavy (non-hydrogen) atoms. The van der Waals surface area contributed by atoms with Crippen LogP contribution >= 0.6 is 0 Å². The molecule has 0 atom stereocenters. The van der Waals surface area contributed by atoms with Gasteiger partial charge in [-0.1, -0.05) is 12.1 Å². The molecule has 2 aromatic carbocycles. The highest BCUT2D eigenvalue weighted by Crippen LogP contribution is 2.42. The van der Waals surface area contributed by atoms with Gasteiger partial charge in [0.15, 0.2) is 0 Å². The molecule has 0 unspecified atom stereocenters. The van der Waals surface area contributed by atoms with E-state index >= 15 is 0 Å². The second-order valence-electron chi connectivity index (χ2n) is 7.24. The maximum absolute atomic E-state index is 11.7. The summed E-state index contributed by atoms with van der Waals surface area (Å²) in [6, 6.07) is 8.43. The first-order valence-electron chi connectivity index (χ1n) is 9.18. The van der Waals surface area contributed by atoms with Gasteiger partial charge in [-0.2, -0.15) is 4.65 Å². The summed E-state index contributed by atoms with van der Waals surface area (Å²) in [5.41, 5.74) is 1.51. The minimum Gasteiger partial charge on any atom is -0.494 e. The number of ether oxygens (including phenoxy) is 2. The molecule has 9 heteroatoms. The molecule has 0 aliphatic heterocycles. The molecule has 0 aliphatic carbocycles. The van der Waals surface area contributed by atoms with Gasteiger partial charge in [-0.3, -0.25) is 10.1 Å². The fourth-order valence-corrected chi connectivity index (χ4v) is 3.35. The van der Waals surface area contributed by atoms with Crippen molar-refractivity contribution in [3.63, 3.8) is 0 Å². The molecule has 0 fully saturated rings. The Morgan fingerprint density at radius 2 is 1.83 bits per heavy atom. The number of fused-ring (bicyclic) bond motifs is 2. The molecule has 0 aliphatic rings. The van der Waals surface area contributed by atoms with E-state index in [0.717, 1.165) is 0 Å². The molecule has 0 radical (unpaired) electrons. The summed E-state index contributed by atoms with van der Waals surface area (Å²) in [5, 5.41) is 26.0. The summed E-state index contributed by atoms with van der Waals surface area (Å²) < 4.78 is 10.7. The maximum atomic E-state index is 11.7. The summed E-state index contributed by atoms with van der Waals surface area (Å²) >= 11 is 0. The predicted molar refractivity (Wildman–Crippen MR) is 111 cm³/mol. The minimum absolute atomic E-state index is 0.0567. The number of nitro benzene ring substituents is 1. The first kappa shape index (κ1) is 20.6. The third-order valence-electron chi connectivity index (χ3n) is 4.68. The number of anilines is 1. The van der Waals surface area contributed by atoms with Crippen molar-refractivity contribution in [3.05, 3.63) is 40.4 Å². The van der Waals surface area contributed by atoms with Gasteiger partial charge in [0, 0.05) is 24.4 Å². The molecule has 2 N–H and O–H groups in total. The number of hydrogen-bond acceptors (Lipinski definition) is 7. The fourth-order valence-electron chi connectivity index (χ4n) is 3.35. The van der Waals surface area contributed by atoms with E-state index in [4.69, 9.17) is 9.47 Å². The van der Waals surface area contributed by atoms with E-state index in [1.165, 1.54) is 13.2 Å². The van der Waals surface area contributed by atoms with Gasteiger partial charge in [0.2, 0.25) is 0 Å². The number of hydrogen-bond donors (Lipinski definition) is 2. The number of nitrogens with one attached hydrogen (secondary N) is 1. The second kappa shape index (κ2) is 8.06. The average molecular weight is 401 g/mol. The Morgan fingerprint density at radius 1 is 1.14 bits per heavy atom. The molecule has 1 aromatic heterocycles. The van der Waals surface area contributed by atoms with Crippen LogP contribution in [0.25, 0.3) is 21.8 Å². The summed E-state index contributed by atoms with van der Waals surface area (Å²) in [4.78, 5) is 16.0. The quantitative estimate of drug-likeness (QED) is 0.195. The van der Waals surface area contributed by atoms with Crippen molar-refractivity contribution in [2.24, 2.45) is 0 Å². The van der Waals surface area contributed by atoms with E-state index in [1.54, 1.807) is 33.3 Å². The number of nitrogens with zero attached hydrogens (tertiary/aromatic N) is 3. The van der Waals surface area contributed by atoms with E-state index in [9.17, 15) is 15.3 Å². The zero-order valence-corrected chi connectivity index (χ0v) is 16.9. The van der Waals surface area contributed by atoms with Crippen molar-refractivity contribution in [2.75, 3.05) is 46.7 Å². The van der Waals surface area contributed by atoms with E-state index < -0.39 is 4.92 Å². The highest BCUT2D eigenvalue weighted by Gasteiger charge is 2.23. The van der Waals surface area contributed by atoms with Gasteiger partial charge in [0.1, 0.15) is 34.5 Å². The number of pyridine rings is 1. The van der Waals surface area contributed by atoms with E-state index in [1.807, 2.05) is 12.1 Å². The monoisotopic (exact) mass is 401 g/mol. The number of rotatable bonds is 8. The topological polar surface area (TPSA) is 107 Å². The van der Waals surface area contributed by atoms with Crippen molar-refractivity contribution in [3.8, 4) is 11.5 Å². The molecule has 1 heterocycles. The van der Waals surface area contributed by atoms with Gasteiger partial charge in [-0.05, 0) is 12.1 Å². The lowest BCUT2D eigenvalue weighted by Crippen LogP contribution is -2.36. The van der Waals surface area contributed by atoms with Crippen LogP contribution in [0, 0.1) is 10.1 Å². The van der Waals surface area contributed by atoms with Crippen LogP contribution in [0.5, 0.6) is 11.5 Å². The SMILES string of the molecule is COc1cccc2c(NCCC[N+](C)(C)O)c3c([N+](=O)[O-])ccc(OC)c3nc12. The molecule has 0 amide bonds. The van der Waals surface area contributed by atoms with E-state index in [0.29, 0.717) is 58.5 Å². The Bertz CT molecular complexity index is 1060. The van der Waals surface area contributed by atoms with Crippen molar-refractivity contribution < 1.29 is 24.3 Å². The highest BCUT2D eigenvalue weighted by molar-refractivity contribution is 6.13. The molecular weight excluding hydrogens is 376 g/mol. The molecule has 0 saturated carbocycles. The lowest BCUT2D eigenvalue weighted by atomic mass is 10.0. The smallest absolute Gasteiger partial charge is 0.281 e. The van der Waals surface area contributed by atoms with Crippen LogP contribution in [0.4, 0.5) is 11.4 Å². The average Bonchev–Trinajstić information content (AvgIpc) is 2.68.